The molecule has 26 heavy (non-hydrogen) atoms. The van der Waals surface area contributed by atoms with Gasteiger partial charge in [-0.25, -0.2) is 4.98 Å². The summed E-state index contributed by atoms with van der Waals surface area (Å²) in [6, 6.07) is 0. The summed E-state index contributed by atoms with van der Waals surface area (Å²) in [5, 5.41) is 12.0. The highest BCUT2D eigenvalue weighted by Gasteiger charge is 2.27. The van der Waals surface area contributed by atoms with E-state index in [1.165, 1.54) is 16.2 Å². The van der Waals surface area contributed by atoms with Crippen LogP contribution >= 0.6 is 23.7 Å². The number of fused-ring (bicyclic) bond motifs is 1. The third-order valence-electron chi connectivity index (χ3n) is 4.57. The summed E-state index contributed by atoms with van der Waals surface area (Å²) >= 11 is 1.52. The van der Waals surface area contributed by atoms with Crippen LogP contribution in [0.15, 0.2) is 0 Å². The van der Waals surface area contributed by atoms with Crippen molar-refractivity contribution in [3.63, 3.8) is 0 Å². The molecular weight excluding hydrogens is 378 g/mol. The second kappa shape index (κ2) is 9.61. The number of piperazine rings is 1. The van der Waals surface area contributed by atoms with Gasteiger partial charge in [0.05, 0.1) is 18.8 Å². The standard InChI is InChI=1S/C16H25N5O3S.ClH/c1-19-4-2-12-13(10-19)25-15(18-12)16(24)21-7-5-20(6-8-21)11-14(23)17-3-9-22;/h22H,2-11H2,1H3,(H,17,23);1H. The minimum atomic E-state index is -0.0921. The van der Waals surface area contributed by atoms with Crippen molar-refractivity contribution in [3.8, 4) is 0 Å². The molecular formula is C16H26ClN5O3S. The van der Waals surface area contributed by atoms with E-state index in [1.54, 1.807) is 0 Å². The topological polar surface area (TPSA) is 89.0 Å². The third kappa shape index (κ3) is 5.14. The van der Waals surface area contributed by atoms with Crippen LogP contribution in [0.5, 0.6) is 0 Å². The maximum absolute atomic E-state index is 12.7. The Bertz CT molecular complexity index is 633. The van der Waals surface area contributed by atoms with E-state index < -0.39 is 0 Å². The first-order valence-electron chi connectivity index (χ1n) is 8.63. The summed E-state index contributed by atoms with van der Waals surface area (Å²) in [7, 11) is 2.08. The monoisotopic (exact) mass is 403 g/mol. The first kappa shape index (κ1) is 21.0. The van der Waals surface area contributed by atoms with Crippen molar-refractivity contribution >= 4 is 35.6 Å². The zero-order chi connectivity index (χ0) is 17.8. The van der Waals surface area contributed by atoms with Gasteiger partial charge in [0.1, 0.15) is 0 Å². The molecule has 2 amide bonds. The second-order valence-corrected chi connectivity index (χ2v) is 7.60. The highest BCUT2D eigenvalue weighted by Crippen LogP contribution is 2.25. The molecule has 1 aromatic rings. The molecule has 0 unspecified atom stereocenters. The smallest absolute Gasteiger partial charge is 0.282 e. The van der Waals surface area contributed by atoms with Crippen LogP contribution in [0.3, 0.4) is 0 Å². The van der Waals surface area contributed by atoms with Crippen molar-refractivity contribution in [2.24, 2.45) is 0 Å². The highest BCUT2D eigenvalue weighted by atomic mass is 35.5. The number of rotatable bonds is 5. The van der Waals surface area contributed by atoms with E-state index in [2.05, 4.69) is 22.2 Å². The highest BCUT2D eigenvalue weighted by molar-refractivity contribution is 7.13. The van der Waals surface area contributed by atoms with Crippen molar-refractivity contribution in [2.45, 2.75) is 13.0 Å². The Morgan fingerprint density at radius 3 is 2.65 bits per heavy atom. The summed E-state index contributed by atoms with van der Waals surface area (Å²) < 4.78 is 0. The maximum Gasteiger partial charge on any atom is 0.282 e. The van der Waals surface area contributed by atoms with Crippen LogP contribution < -0.4 is 5.32 Å². The van der Waals surface area contributed by atoms with Crippen LogP contribution in [-0.4, -0.2) is 96.1 Å². The van der Waals surface area contributed by atoms with Crippen LogP contribution in [0.4, 0.5) is 0 Å². The Hall–Kier alpha value is -1.26. The Morgan fingerprint density at radius 2 is 1.96 bits per heavy atom. The molecule has 3 heterocycles. The molecule has 1 saturated heterocycles. The predicted molar refractivity (Wildman–Crippen MR) is 102 cm³/mol. The molecule has 0 saturated carbocycles. The van der Waals surface area contributed by atoms with Gasteiger partial charge in [0, 0.05) is 57.1 Å². The average Bonchev–Trinajstić information content (AvgIpc) is 3.03. The van der Waals surface area contributed by atoms with Crippen molar-refractivity contribution in [1.29, 1.82) is 0 Å². The molecule has 0 aliphatic carbocycles. The van der Waals surface area contributed by atoms with Crippen LogP contribution in [0.25, 0.3) is 0 Å². The number of carbonyl (C=O) groups excluding carboxylic acids is 2. The van der Waals surface area contributed by atoms with Crippen molar-refractivity contribution < 1.29 is 14.7 Å². The molecule has 2 aliphatic rings. The number of hydrogen-bond acceptors (Lipinski definition) is 7. The number of carbonyl (C=O) groups is 2. The number of amides is 2. The predicted octanol–water partition coefficient (Wildman–Crippen LogP) is -0.581. The van der Waals surface area contributed by atoms with Crippen LogP contribution in [0, 0.1) is 0 Å². The van der Waals surface area contributed by atoms with E-state index in [4.69, 9.17) is 5.11 Å². The van der Waals surface area contributed by atoms with Crippen LogP contribution in [0.2, 0.25) is 0 Å². The number of aliphatic hydroxyl groups is 1. The van der Waals surface area contributed by atoms with E-state index in [0.29, 0.717) is 37.7 Å². The van der Waals surface area contributed by atoms with E-state index in [0.717, 1.165) is 25.2 Å². The molecule has 2 aliphatic heterocycles. The second-order valence-electron chi connectivity index (χ2n) is 6.52. The lowest BCUT2D eigenvalue weighted by Gasteiger charge is -2.33. The maximum atomic E-state index is 12.7. The van der Waals surface area contributed by atoms with Gasteiger partial charge in [-0.15, -0.1) is 23.7 Å². The molecule has 1 fully saturated rings. The number of hydrogen-bond donors (Lipinski definition) is 2. The molecule has 0 spiro atoms. The van der Waals surface area contributed by atoms with Crippen molar-refractivity contribution in [1.82, 2.24) is 25.0 Å². The number of aliphatic hydroxyl groups excluding tert-OH is 1. The van der Waals surface area contributed by atoms with E-state index in [9.17, 15) is 9.59 Å². The summed E-state index contributed by atoms with van der Waals surface area (Å²) in [5.74, 6) is -0.0861. The molecule has 0 bridgehead atoms. The fourth-order valence-corrected chi connectivity index (χ4v) is 4.27. The molecule has 146 valence electrons. The van der Waals surface area contributed by atoms with Gasteiger partial charge >= 0.3 is 0 Å². The minimum Gasteiger partial charge on any atom is -0.395 e. The molecule has 2 N–H and O–H groups in total. The fraction of sp³-hybridized carbons (Fsp3) is 0.688. The fourth-order valence-electron chi connectivity index (χ4n) is 3.11. The molecule has 0 radical (unpaired) electrons. The van der Waals surface area contributed by atoms with E-state index >= 15 is 0 Å². The lowest BCUT2D eigenvalue weighted by atomic mass is 10.2. The Balaban J connectivity index is 0.00000243. The Kier molecular flexibility index (Phi) is 7.78. The number of thiazole rings is 1. The normalized spacial score (nSPS) is 18.2. The number of aromatic nitrogens is 1. The quantitative estimate of drug-likeness (QED) is 0.683. The Labute approximate surface area is 163 Å². The lowest BCUT2D eigenvalue weighted by molar-refractivity contribution is -0.122. The third-order valence-corrected chi connectivity index (χ3v) is 5.64. The van der Waals surface area contributed by atoms with Crippen LogP contribution in [0.1, 0.15) is 20.4 Å². The van der Waals surface area contributed by atoms with Crippen molar-refractivity contribution in [2.75, 3.05) is 59.5 Å². The lowest BCUT2D eigenvalue weighted by Crippen LogP contribution is -2.51. The molecule has 3 rings (SSSR count). The SMILES string of the molecule is CN1CCc2nc(C(=O)N3CCN(CC(=O)NCCO)CC3)sc2C1.Cl. The Morgan fingerprint density at radius 1 is 1.23 bits per heavy atom. The van der Waals surface area contributed by atoms with Gasteiger partial charge in [0.25, 0.3) is 5.91 Å². The van der Waals surface area contributed by atoms with Gasteiger partial charge in [0.15, 0.2) is 5.01 Å². The van der Waals surface area contributed by atoms with E-state index in [1.807, 2.05) is 9.80 Å². The summed E-state index contributed by atoms with van der Waals surface area (Å²) in [6.07, 6.45) is 0.909. The number of likely N-dealkylation sites (N-methyl/N-ethyl adjacent to an activating group) is 1. The largest absolute Gasteiger partial charge is 0.395 e. The first-order valence-corrected chi connectivity index (χ1v) is 9.45. The number of nitrogens with one attached hydrogen (secondary N) is 1. The summed E-state index contributed by atoms with van der Waals surface area (Å²) in [4.78, 5) is 36.3. The molecule has 0 aromatic carbocycles. The van der Waals surface area contributed by atoms with Gasteiger partial charge in [-0.05, 0) is 7.05 Å². The number of halogens is 1. The minimum absolute atomic E-state index is 0. The average molecular weight is 404 g/mol. The zero-order valence-corrected chi connectivity index (χ0v) is 16.6. The molecule has 0 atom stereocenters. The molecule has 10 heteroatoms. The molecule has 8 nitrogen and oxygen atoms in total. The van der Waals surface area contributed by atoms with Gasteiger partial charge < -0.3 is 20.2 Å². The summed E-state index contributed by atoms with van der Waals surface area (Å²) in [6.45, 7) is 4.95. The van der Waals surface area contributed by atoms with Gasteiger partial charge in [-0.3, -0.25) is 14.5 Å². The zero-order valence-electron chi connectivity index (χ0n) is 14.9. The van der Waals surface area contributed by atoms with Gasteiger partial charge in [0.2, 0.25) is 5.91 Å². The summed E-state index contributed by atoms with van der Waals surface area (Å²) in [5.41, 5.74) is 1.07. The van der Waals surface area contributed by atoms with Gasteiger partial charge in [-0.1, -0.05) is 0 Å². The van der Waals surface area contributed by atoms with Crippen LogP contribution in [-0.2, 0) is 17.8 Å². The van der Waals surface area contributed by atoms with Crippen molar-refractivity contribution in [3.05, 3.63) is 15.6 Å². The molecule has 1 aromatic heterocycles. The van der Waals surface area contributed by atoms with Gasteiger partial charge in [-0.2, -0.15) is 0 Å². The first-order chi connectivity index (χ1) is 12.1. The number of nitrogens with zero attached hydrogens (tertiary/aromatic N) is 4. The van der Waals surface area contributed by atoms with E-state index in [-0.39, 0.29) is 37.4 Å².